The minimum Gasteiger partial charge on any atom is -0.396 e. The Hall–Kier alpha value is -1.46. The van der Waals surface area contributed by atoms with Crippen LogP contribution in [0, 0.1) is 0 Å². The van der Waals surface area contributed by atoms with Gasteiger partial charge in [-0.25, -0.2) is 0 Å². The number of rotatable bonds is 5. The van der Waals surface area contributed by atoms with Crippen LogP contribution in [-0.2, 0) is 0 Å². The topological polar surface area (TPSA) is 63.3 Å². The molecule has 2 aromatic heterocycles. The Morgan fingerprint density at radius 2 is 2.44 bits per heavy atom. The minimum atomic E-state index is -0.0967. The number of thiophene rings is 1. The monoisotopic (exact) mass is 237 g/mol. The van der Waals surface area contributed by atoms with Gasteiger partial charge in [0.05, 0.1) is 4.88 Å². The Balaban J connectivity index is 2.11. The first-order chi connectivity index (χ1) is 7.81. The molecule has 1 N–H and O–H groups in total. The second-order valence-corrected chi connectivity index (χ2v) is 4.25. The van der Waals surface area contributed by atoms with Gasteiger partial charge in [-0.1, -0.05) is 11.2 Å². The lowest BCUT2D eigenvalue weighted by Crippen LogP contribution is -2.00. The van der Waals surface area contributed by atoms with Crippen LogP contribution in [0.5, 0.6) is 0 Å². The summed E-state index contributed by atoms with van der Waals surface area (Å²) >= 11 is 1.53. The SMILES string of the molecule is O=C(CCCO)c1cc(-c2cccs2)on1. The summed E-state index contributed by atoms with van der Waals surface area (Å²) in [5.41, 5.74) is 0.330. The predicted octanol–water partition coefficient (Wildman–Crippen LogP) is 2.36. The first-order valence-corrected chi connectivity index (χ1v) is 5.84. The maximum atomic E-state index is 11.6. The van der Waals surface area contributed by atoms with Crippen molar-refractivity contribution in [3.8, 4) is 10.6 Å². The van der Waals surface area contributed by atoms with E-state index in [1.54, 1.807) is 6.07 Å². The lowest BCUT2D eigenvalue weighted by molar-refractivity contribution is 0.0962. The van der Waals surface area contributed by atoms with Crippen LogP contribution in [-0.4, -0.2) is 22.7 Å². The van der Waals surface area contributed by atoms with E-state index in [0.29, 0.717) is 24.3 Å². The smallest absolute Gasteiger partial charge is 0.184 e. The number of ketones is 1. The number of carbonyl (C=O) groups excluding carboxylic acids is 1. The van der Waals surface area contributed by atoms with E-state index in [2.05, 4.69) is 5.16 Å². The van der Waals surface area contributed by atoms with Gasteiger partial charge < -0.3 is 9.63 Å². The summed E-state index contributed by atoms with van der Waals surface area (Å²) in [5.74, 6) is 0.517. The average molecular weight is 237 g/mol. The van der Waals surface area contributed by atoms with Gasteiger partial charge in [-0.15, -0.1) is 11.3 Å². The molecule has 0 aliphatic carbocycles. The van der Waals surface area contributed by atoms with E-state index in [1.165, 1.54) is 11.3 Å². The first-order valence-electron chi connectivity index (χ1n) is 4.96. The quantitative estimate of drug-likeness (QED) is 0.811. The molecule has 0 bridgehead atoms. The van der Waals surface area contributed by atoms with Crippen LogP contribution < -0.4 is 0 Å². The van der Waals surface area contributed by atoms with Crippen molar-refractivity contribution in [1.82, 2.24) is 5.16 Å². The second kappa shape index (κ2) is 5.05. The Morgan fingerprint density at radius 1 is 1.56 bits per heavy atom. The van der Waals surface area contributed by atoms with E-state index in [-0.39, 0.29) is 12.4 Å². The molecule has 0 saturated heterocycles. The predicted molar refractivity (Wildman–Crippen MR) is 60.5 cm³/mol. The van der Waals surface area contributed by atoms with Crippen LogP contribution in [0.3, 0.4) is 0 Å². The molecule has 2 heterocycles. The van der Waals surface area contributed by atoms with Crippen LogP contribution in [0.1, 0.15) is 23.3 Å². The number of carbonyl (C=O) groups is 1. The largest absolute Gasteiger partial charge is 0.396 e. The molecule has 2 aromatic rings. The third kappa shape index (κ3) is 2.37. The molecule has 0 saturated carbocycles. The Bertz CT molecular complexity index is 461. The third-order valence-electron chi connectivity index (χ3n) is 2.12. The molecule has 4 nitrogen and oxygen atoms in total. The van der Waals surface area contributed by atoms with Crippen LogP contribution in [0.15, 0.2) is 28.1 Å². The van der Waals surface area contributed by atoms with Crippen LogP contribution >= 0.6 is 11.3 Å². The summed E-state index contributed by atoms with van der Waals surface area (Å²) in [6.07, 6.45) is 0.757. The lowest BCUT2D eigenvalue weighted by Gasteiger charge is -1.91. The molecule has 2 rings (SSSR count). The van der Waals surface area contributed by atoms with Gasteiger partial charge in [0.2, 0.25) is 0 Å². The normalized spacial score (nSPS) is 10.6. The number of aromatic nitrogens is 1. The fourth-order valence-corrected chi connectivity index (χ4v) is 1.98. The Morgan fingerprint density at radius 3 is 3.12 bits per heavy atom. The van der Waals surface area contributed by atoms with Gasteiger partial charge >= 0.3 is 0 Å². The van der Waals surface area contributed by atoms with E-state index in [4.69, 9.17) is 9.63 Å². The van der Waals surface area contributed by atoms with Crippen LogP contribution in [0.4, 0.5) is 0 Å². The highest BCUT2D eigenvalue weighted by Crippen LogP contribution is 2.25. The number of aliphatic hydroxyl groups is 1. The zero-order chi connectivity index (χ0) is 11.4. The Labute approximate surface area is 96.5 Å². The molecular weight excluding hydrogens is 226 g/mol. The van der Waals surface area contributed by atoms with Gasteiger partial charge in [0.1, 0.15) is 5.69 Å². The van der Waals surface area contributed by atoms with Gasteiger partial charge in [0.25, 0.3) is 0 Å². The van der Waals surface area contributed by atoms with Crippen LogP contribution in [0.2, 0.25) is 0 Å². The molecule has 0 aliphatic heterocycles. The van der Waals surface area contributed by atoms with E-state index in [9.17, 15) is 4.79 Å². The molecule has 0 unspecified atom stereocenters. The molecule has 0 spiro atoms. The van der Waals surface area contributed by atoms with E-state index < -0.39 is 0 Å². The number of Topliss-reactive ketones (excluding diaryl/α,β-unsaturated/α-hetero) is 1. The highest BCUT2D eigenvalue weighted by Gasteiger charge is 2.13. The van der Waals surface area contributed by atoms with Crippen molar-refractivity contribution in [2.45, 2.75) is 12.8 Å². The fourth-order valence-electron chi connectivity index (χ4n) is 1.31. The van der Waals surface area contributed by atoms with Crippen molar-refractivity contribution in [2.24, 2.45) is 0 Å². The molecule has 0 radical (unpaired) electrons. The van der Waals surface area contributed by atoms with E-state index in [1.807, 2.05) is 17.5 Å². The van der Waals surface area contributed by atoms with E-state index >= 15 is 0 Å². The molecule has 0 atom stereocenters. The second-order valence-electron chi connectivity index (χ2n) is 3.30. The molecule has 0 amide bonds. The van der Waals surface area contributed by atoms with Gasteiger partial charge in [0.15, 0.2) is 11.5 Å². The van der Waals surface area contributed by atoms with Gasteiger partial charge in [0, 0.05) is 19.1 Å². The van der Waals surface area contributed by atoms with Crippen LogP contribution in [0.25, 0.3) is 10.6 Å². The molecule has 0 aromatic carbocycles. The molecule has 0 fully saturated rings. The molecule has 5 heteroatoms. The van der Waals surface area contributed by atoms with Gasteiger partial charge in [-0.05, 0) is 17.9 Å². The highest BCUT2D eigenvalue weighted by molar-refractivity contribution is 7.13. The van der Waals surface area contributed by atoms with Gasteiger partial charge in [-0.3, -0.25) is 4.79 Å². The van der Waals surface area contributed by atoms with Crippen molar-refractivity contribution in [3.05, 3.63) is 29.3 Å². The summed E-state index contributed by atoms with van der Waals surface area (Å²) in [5, 5.41) is 14.3. The average Bonchev–Trinajstić information content (AvgIpc) is 2.94. The minimum absolute atomic E-state index is 0.0153. The first kappa shape index (κ1) is 11.0. The summed E-state index contributed by atoms with van der Waals surface area (Å²) in [7, 11) is 0. The highest BCUT2D eigenvalue weighted by atomic mass is 32.1. The summed E-state index contributed by atoms with van der Waals surface area (Å²) in [4.78, 5) is 12.5. The van der Waals surface area contributed by atoms with Crippen molar-refractivity contribution in [2.75, 3.05) is 6.61 Å². The number of hydrogen-bond donors (Lipinski definition) is 1. The zero-order valence-corrected chi connectivity index (χ0v) is 9.37. The maximum Gasteiger partial charge on any atom is 0.184 e. The Kier molecular flexibility index (Phi) is 3.48. The third-order valence-corrected chi connectivity index (χ3v) is 3.01. The molecule has 84 valence electrons. The zero-order valence-electron chi connectivity index (χ0n) is 8.55. The standard InChI is InChI=1S/C11H11NO3S/c13-5-1-3-9(14)8-7-10(15-12-8)11-4-2-6-16-11/h2,4,6-7,13H,1,3,5H2. The summed E-state index contributed by atoms with van der Waals surface area (Å²) in [6.45, 7) is 0.0153. The molecule has 0 aliphatic rings. The van der Waals surface area contributed by atoms with Crippen molar-refractivity contribution in [1.29, 1.82) is 0 Å². The molecule has 16 heavy (non-hydrogen) atoms. The number of nitrogens with zero attached hydrogens (tertiary/aromatic N) is 1. The van der Waals surface area contributed by atoms with Crippen molar-refractivity contribution >= 4 is 17.1 Å². The van der Waals surface area contributed by atoms with Crippen molar-refractivity contribution < 1.29 is 14.4 Å². The van der Waals surface area contributed by atoms with Crippen molar-refractivity contribution in [3.63, 3.8) is 0 Å². The molecular formula is C11H11NO3S. The summed E-state index contributed by atoms with van der Waals surface area (Å²) in [6, 6.07) is 5.47. The number of hydrogen-bond acceptors (Lipinski definition) is 5. The number of aliphatic hydroxyl groups excluding tert-OH is 1. The fraction of sp³-hybridized carbons (Fsp3) is 0.273. The van der Waals surface area contributed by atoms with E-state index in [0.717, 1.165) is 4.88 Å². The maximum absolute atomic E-state index is 11.6. The lowest BCUT2D eigenvalue weighted by atomic mass is 10.1. The van der Waals surface area contributed by atoms with Gasteiger partial charge in [-0.2, -0.15) is 0 Å². The summed E-state index contributed by atoms with van der Waals surface area (Å²) < 4.78 is 5.09.